The zero-order chi connectivity index (χ0) is 17.3. The molecule has 0 radical (unpaired) electrons. The average Bonchev–Trinajstić information content (AvgIpc) is 3.03. The van der Waals surface area contributed by atoms with Gasteiger partial charge >= 0.3 is 0 Å². The van der Waals surface area contributed by atoms with E-state index < -0.39 is 11.5 Å². The fourth-order valence-corrected chi connectivity index (χ4v) is 2.23. The minimum atomic E-state index is -0.443. The predicted molar refractivity (Wildman–Crippen MR) is 85.6 cm³/mol. The van der Waals surface area contributed by atoms with E-state index in [0.29, 0.717) is 17.4 Å². The molecule has 0 aliphatic carbocycles. The van der Waals surface area contributed by atoms with Crippen molar-refractivity contribution in [2.24, 2.45) is 0 Å². The molecule has 0 bridgehead atoms. The van der Waals surface area contributed by atoms with E-state index in [2.05, 4.69) is 15.1 Å². The number of aromatic nitrogens is 4. The Kier molecular flexibility index (Phi) is 4.11. The zero-order valence-corrected chi connectivity index (χ0v) is 13.6. The van der Waals surface area contributed by atoms with Crippen LogP contribution in [0.3, 0.4) is 0 Å². The summed E-state index contributed by atoms with van der Waals surface area (Å²) in [5.41, 5.74) is 0.0728. The minimum absolute atomic E-state index is 0.00576. The Morgan fingerprint density at radius 1 is 1.38 bits per heavy atom. The Morgan fingerprint density at radius 2 is 2.17 bits per heavy atom. The third kappa shape index (κ3) is 2.90. The van der Waals surface area contributed by atoms with E-state index >= 15 is 0 Å². The van der Waals surface area contributed by atoms with Crippen LogP contribution >= 0.6 is 0 Å². The Morgan fingerprint density at radius 3 is 2.88 bits per heavy atom. The van der Waals surface area contributed by atoms with Crippen LogP contribution in [0.2, 0.25) is 0 Å². The monoisotopic (exact) mass is 327 g/mol. The standard InChI is InChI=1S/C16H17N5O3/c1-10(2)14-18-12(19-24-14)9-20(3)15(22)11-8-17-13-6-4-5-7-21(13)16(11)23/h4-8,10H,9H2,1-3H3. The first kappa shape index (κ1) is 15.9. The van der Waals surface area contributed by atoms with Crippen LogP contribution in [0.5, 0.6) is 0 Å². The number of hydrogen-bond acceptors (Lipinski definition) is 6. The smallest absolute Gasteiger partial charge is 0.270 e. The van der Waals surface area contributed by atoms with Gasteiger partial charge in [0.2, 0.25) is 5.89 Å². The summed E-state index contributed by atoms with van der Waals surface area (Å²) in [6.07, 6.45) is 2.88. The first-order valence-corrected chi connectivity index (χ1v) is 7.51. The number of rotatable bonds is 4. The number of fused-ring (bicyclic) bond motifs is 1. The molecule has 0 atom stereocenters. The third-order valence-electron chi connectivity index (χ3n) is 3.55. The highest BCUT2D eigenvalue weighted by molar-refractivity contribution is 5.93. The number of nitrogens with zero attached hydrogens (tertiary/aromatic N) is 5. The van der Waals surface area contributed by atoms with Gasteiger partial charge in [0.05, 0.1) is 6.54 Å². The van der Waals surface area contributed by atoms with Gasteiger partial charge in [0, 0.05) is 25.4 Å². The van der Waals surface area contributed by atoms with Gasteiger partial charge in [-0.2, -0.15) is 4.98 Å². The molecule has 0 aliphatic heterocycles. The van der Waals surface area contributed by atoms with Crippen LogP contribution in [0.25, 0.3) is 5.65 Å². The summed E-state index contributed by atoms with van der Waals surface area (Å²) in [4.78, 5) is 34.7. The fourth-order valence-electron chi connectivity index (χ4n) is 2.23. The molecule has 0 aliphatic rings. The highest BCUT2D eigenvalue weighted by Crippen LogP contribution is 2.12. The summed E-state index contributed by atoms with van der Waals surface area (Å²) >= 11 is 0. The molecule has 0 N–H and O–H groups in total. The van der Waals surface area contributed by atoms with E-state index in [-0.39, 0.29) is 18.0 Å². The molecule has 124 valence electrons. The number of hydrogen-bond donors (Lipinski definition) is 0. The second kappa shape index (κ2) is 6.23. The molecular formula is C16H17N5O3. The van der Waals surface area contributed by atoms with Crippen molar-refractivity contribution in [1.29, 1.82) is 0 Å². The Hall–Kier alpha value is -3.03. The van der Waals surface area contributed by atoms with Crippen molar-refractivity contribution in [3.8, 4) is 0 Å². The molecular weight excluding hydrogens is 310 g/mol. The van der Waals surface area contributed by atoms with E-state index in [1.165, 1.54) is 15.5 Å². The Labute approximate surface area is 137 Å². The van der Waals surface area contributed by atoms with E-state index in [1.54, 1.807) is 31.4 Å². The average molecular weight is 327 g/mol. The van der Waals surface area contributed by atoms with Crippen molar-refractivity contribution in [3.63, 3.8) is 0 Å². The van der Waals surface area contributed by atoms with Crippen LogP contribution in [0.1, 0.15) is 41.8 Å². The molecule has 0 unspecified atom stereocenters. The summed E-state index contributed by atoms with van der Waals surface area (Å²) < 4.78 is 6.46. The molecule has 8 nitrogen and oxygen atoms in total. The lowest BCUT2D eigenvalue weighted by Crippen LogP contribution is -2.33. The second-order valence-electron chi connectivity index (χ2n) is 5.77. The predicted octanol–water partition coefficient (Wildman–Crippen LogP) is 1.47. The van der Waals surface area contributed by atoms with Gasteiger partial charge in [-0.05, 0) is 12.1 Å². The summed E-state index contributed by atoms with van der Waals surface area (Å²) in [6.45, 7) is 4.02. The largest absolute Gasteiger partial charge is 0.339 e. The third-order valence-corrected chi connectivity index (χ3v) is 3.55. The van der Waals surface area contributed by atoms with Gasteiger partial charge < -0.3 is 9.42 Å². The lowest BCUT2D eigenvalue weighted by Gasteiger charge is -2.14. The molecule has 3 aromatic rings. The van der Waals surface area contributed by atoms with Crippen LogP contribution < -0.4 is 5.56 Å². The highest BCUT2D eigenvalue weighted by atomic mass is 16.5. The van der Waals surface area contributed by atoms with Crippen molar-refractivity contribution in [3.05, 3.63) is 58.2 Å². The molecule has 0 aromatic carbocycles. The van der Waals surface area contributed by atoms with E-state index in [4.69, 9.17) is 4.52 Å². The van der Waals surface area contributed by atoms with Gasteiger partial charge in [0.25, 0.3) is 11.5 Å². The second-order valence-corrected chi connectivity index (χ2v) is 5.77. The lowest BCUT2D eigenvalue weighted by atomic mass is 10.2. The van der Waals surface area contributed by atoms with Crippen molar-refractivity contribution in [2.75, 3.05) is 7.05 Å². The van der Waals surface area contributed by atoms with E-state index in [1.807, 2.05) is 13.8 Å². The van der Waals surface area contributed by atoms with Crippen molar-refractivity contribution in [1.82, 2.24) is 24.4 Å². The SMILES string of the molecule is CC(C)c1nc(CN(C)C(=O)c2cnc3ccccn3c2=O)no1. The zero-order valence-electron chi connectivity index (χ0n) is 13.6. The summed E-state index contributed by atoms with van der Waals surface area (Å²) in [5, 5.41) is 3.85. The maximum atomic E-state index is 12.5. The number of carbonyl (C=O) groups is 1. The van der Waals surface area contributed by atoms with Gasteiger partial charge in [0.15, 0.2) is 5.82 Å². The van der Waals surface area contributed by atoms with Crippen LogP contribution in [-0.4, -0.2) is 37.4 Å². The highest BCUT2D eigenvalue weighted by Gasteiger charge is 2.20. The minimum Gasteiger partial charge on any atom is -0.339 e. The molecule has 3 rings (SSSR count). The number of amides is 1. The van der Waals surface area contributed by atoms with Crippen molar-refractivity contribution >= 4 is 11.6 Å². The van der Waals surface area contributed by atoms with Crippen LogP contribution in [0.15, 0.2) is 39.9 Å². The number of pyridine rings is 1. The van der Waals surface area contributed by atoms with Gasteiger partial charge in [-0.25, -0.2) is 4.98 Å². The molecule has 8 heteroatoms. The van der Waals surface area contributed by atoms with Crippen molar-refractivity contribution in [2.45, 2.75) is 26.3 Å². The van der Waals surface area contributed by atoms with Gasteiger partial charge in [0.1, 0.15) is 11.2 Å². The van der Waals surface area contributed by atoms with Crippen LogP contribution in [0.4, 0.5) is 0 Å². The quantitative estimate of drug-likeness (QED) is 0.720. The molecule has 24 heavy (non-hydrogen) atoms. The molecule has 0 spiro atoms. The molecule has 1 amide bonds. The number of carbonyl (C=O) groups excluding carboxylic acids is 1. The Balaban J connectivity index is 1.85. The maximum Gasteiger partial charge on any atom is 0.270 e. The molecule has 0 saturated heterocycles. The molecule has 0 fully saturated rings. The van der Waals surface area contributed by atoms with Crippen LogP contribution in [-0.2, 0) is 6.54 Å². The normalized spacial score (nSPS) is 11.2. The first-order valence-electron chi connectivity index (χ1n) is 7.51. The molecule has 3 aromatic heterocycles. The first-order chi connectivity index (χ1) is 11.5. The van der Waals surface area contributed by atoms with Crippen molar-refractivity contribution < 1.29 is 9.32 Å². The topological polar surface area (TPSA) is 93.6 Å². The molecule has 3 heterocycles. The summed E-state index contributed by atoms with van der Waals surface area (Å²) in [5.74, 6) is 0.574. The molecule has 0 saturated carbocycles. The van der Waals surface area contributed by atoms with E-state index in [9.17, 15) is 9.59 Å². The summed E-state index contributed by atoms with van der Waals surface area (Å²) in [7, 11) is 1.58. The van der Waals surface area contributed by atoms with Crippen LogP contribution in [0, 0.1) is 0 Å². The lowest BCUT2D eigenvalue weighted by molar-refractivity contribution is 0.0778. The van der Waals surface area contributed by atoms with E-state index in [0.717, 1.165) is 0 Å². The summed E-state index contributed by atoms with van der Waals surface area (Å²) in [6, 6.07) is 5.19. The van der Waals surface area contributed by atoms with Gasteiger partial charge in [-0.15, -0.1) is 0 Å². The maximum absolute atomic E-state index is 12.5. The van der Waals surface area contributed by atoms with Gasteiger partial charge in [-0.1, -0.05) is 25.1 Å². The fraction of sp³-hybridized carbons (Fsp3) is 0.312. The van der Waals surface area contributed by atoms with Gasteiger partial charge in [-0.3, -0.25) is 14.0 Å². The Bertz CT molecular complexity index is 944.